The fraction of sp³-hybridized carbons (Fsp3) is 0.360. The van der Waals surface area contributed by atoms with E-state index in [1.807, 2.05) is 6.92 Å². The molecule has 0 spiro atoms. The summed E-state index contributed by atoms with van der Waals surface area (Å²) in [6.07, 6.45) is 6.57. The number of anilines is 2. The molecule has 1 aliphatic rings. The highest BCUT2D eigenvalue weighted by molar-refractivity contribution is 5.87. The van der Waals surface area contributed by atoms with E-state index < -0.39 is 5.97 Å². The van der Waals surface area contributed by atoms with Gasteiger partial charge < -0.3 is 25.7 Å². The maximum atomic E-state index is 12.4. The van der Waals surface area contributed by atoms with Gasteiger partial charge in [-0.15, -0.1) is 0 Å². The van der Waals surface area contributed by atoms with E-state index in [4.69, 9.17) is 25.7 Å². The molecule has 2 aromatic rings. The van der Waals surface area contributed by atoms with E-state index in [0.29, 0.717) is 29.3 Å². The smallest absolute Gasteiger partial charge is 0.331 e. The number of carbonyl (C=O) groups excluding carboxylic acids is 2. The largest absolute Gasteiger partial charge is 0.458 e. The van der Waals surface area contributed by atoms with Crippen LogP contribution in [0.5, 0.6) is 5.75 Å². The van der Waals surface area contributed by atoms with Crippen molar-refractivity contribution < 1.29 is 23.8 Å². The lowest BCUT2D eigenvalue weighted by atomic mass is 9.87. The molecule has 7 nitrogen and oxygen atoms in total. The zero-order valence-electron chi connectivity index (χ0n) is 18.3. The minimum absolute atomic E-state index is 0.0661. The molecule has 0 bridgehead atoms. The van der Waals surface area contributed by atoms with Gasteiger partial charge in [-0.25, -0.2) is 4.79 Å². The topological polar surface area (TPSA) is 114 Å². The molecule has 0 radical (unpaired) electrons. The van der Waals surface area contributed by atoms with Crippen molar-refractivity contribution >= 4 is 29.4 Å². The summed E-state index contributed by atoms with van der Waals surface area (Å²) in [7, 11) is 0. The van der Waals surface area contributed by atoms with Gasteiger partial charge in [0, 0.05) is 29.6 Å². The molecular formula is C25H30N2O5. The Morgan fingerprint density at radius 3 is 2.41 bits per heavy atom. The second kappa shape index (κ2) is 11.3. The van der Waals surface area contributed by atoms with Crippen molar-refractivity contribution in [2.75, 3.05) is 18.1 Å². The van der Waals surface area contributed by atoms with Crippen molar-refractivity contribution in [2.45, 2.75) is 45.3 Å². The molecule has 0 amide bonds. The zero-order valence-corrected chi connectivity index (χ0v) is 18.3. The van der Waals surface area contributed by atoms with Crippen LogP contribution in [-0.4, -0.2) is 24.6 Å². The zero-order chi connectivity index (χ0) is 22.9. The first-order valence-electron chi connectivity index (χ1n) is 10.9. The standard InChI is InChI=1S/C25H30N2O5/c1-2-30-21-12-7-18(8-13-21)25(29)32-22-10-3-17(4-11-22)5-14-24(28)31-16-19-6-9-20(26)15-23(19)27/h3-6,9-11,14-15,18,21H,2,7-8,12-13,16,26-27H2,1H3. The number of nitrogen functional groups attached to an aromatic ring is 2. The summed E-state index contributed by atoms with van der Waals surface area (Å²) in [5, 5.41) is 0. The highest BCUT2D eigenvalue weighted by Gasteiger charge is 2.27. The number of carbonyl (C=O) groups is 2. The number of hydrogen-bond donors (Lipinski definition) is 2. The molecule has 1 saturated carbocycles. The number of nitrogens with two attached hydrogens (primary N) is 2. The quantitative estimate of drug-likeness (QED) is 0.276. The summed E-state index contributed by atoms with van der Waals surface area (Å²) < 4.78 is 16.4. The van der Waals surface area contributed by atoms with Gasteiger partial charge in [-0.05, 0) is 68.5 Å². The van der Waals surface area contributed by atoms with Crippen LogP contribution in [0.4, 0.5) is 11.4 Å². The van der Waals surface area contributed by atoms with E-state index in [1.165, 1.54) is 6.08 Å². The second-order valence-corrected chi connectivity index (χ2v) is 7.82. The Morgan fingerprint density at radius 1 is 1.03 bits per heavy atom. The Balaban J connectivity index is 1.45. The first-order valence-corrected chi connectivity index (χ1v) is 10.9. The Kier molecular flexibility index (Phi) is 8.27. The third-order valence-electron chi connectivity index (χ3n) is 5.46. The molecule has 0 aromatic heterocycles. The molecule has 170 valence electrons. The van der Waals surface area contributed by atoms with Crippen LogP contribution >= 0.6 is 0 Å². The Labute approximate surface area is 188 Å². The molecule has 3 rings (SSSR count). The minimum atomic E-state index is -0.487. The van der Waals surface area contributed by atoms with Gasteiger partial charge in [-0.3, -0.25) is 4.79 Å². The van der Waals surface area contributed by atoms with Crippen LogP contribution in [0.1, 0.15) is 43.7 Å². The Bertz CT molecular complexity index is 947. The summed E-state index contributed by atoms with van der Waals surface area (Å²) in [6.45, 7) is 2.76. The van der Waals surface area contributed by atoms with E-state index in [0.717, 1.165) is 31.2 Å². The molecule has 1 fully saturated rings. The maximum Gasteiger partial charge on any atom is 0.331 e. The van der Waals surface area contributed by atoms with Crippen LogP contribution in [0.2, 0.25) is 0 Å². The van der Waals surface area contributed by atoms with Gasteiger partial charge in [-0.1, -0.05) is 18.2 Å². The molecule has 0 saturated heterocycles. The molecule has 1 aliphatic carbocycles. The van der Waals surface area contributed by atoms with Gasteiger partial charge >= 0.3 is 11.9 Å². The van der Waals surface area contributed by atoms with Crippen molar-refractivity contribution in [3.05, 3.63) is 59.7 Å². The summed E-state index contributed by atoms with van der Waals surface area (Å²) >= 11 is 0. The molecule has 2 aromatic carbocycles. The number of rotatable bonds is 8. The molecule has 0 aliphatic heterocycles. The number of benzene rings is 2. The molecule has 0 heterocycles. The first-order chi connectivity index (χ1) is 15.4. The van der Waals surface area contributed by atoms with Crippen LogP contribution in [0.25, 0.3) is 6.08 Å². The third-order valence-corrected chi connectivity index (χ3v) is 5.46. The van der Waals surface area contributed by atoms with Gasteiger partial charge in [0.2, 0.25) is 0 Å². The van der Waals surface area contributed by atoms with E-state index in [1.54, 1.807) is 48.5 Å². The fourth-order valence-corrected chi connectivity index (χ4v) is 3.65. The van der Waals surface area contributed by atoms with Crippen molar-refractivity contribution in [1.29, 1.82) is 0 Å². The van der Waals surface area contributed by atoms with Gasteiger partial charge in [0.1, 0.15) is 12.4 Å². The van der Waals surface area contributed by atoms with Crippen molar-refractivity contribution in [2.24, 2.45) is 5.92 Å². The Morgan fingerprint density at radius 2 is 1.75 bits per heavy atom. The minimum Gasteiger partial charge on any atom is -0.458 e. The molecular weight excluding hydrogens is 408 g/mol. The SMILES string of the molecule is CCOC1CCC(C(=O)Oc2ccc(C=CC(=O)OCc3ccc(N)cc3N)cc2)CC1. The fourth-order valence-electron chi connectivity index (χ4n) is 3.65. The van der Waals surface area contributed by atoms with Crippen LogP contribution in [0.15, 0.2) is 48.5 Å². The van der Waals surface area contributed by atoms with Crippen molar-refractivity contribution in [3.8, 4) is 5.75 Å². The van der Waals surface area contributed by atoms with E-state index >= 15 is 0 Å². The Hall–Kier alpha value is -3.32. The van der Waals surface area contributed by atoms with E-state index in [-0.39, 0.29) is 24.6 Å². The van der Waals surface area contributed by atoms with E-state index in [9.17, 15) is 9.59 Å². The number of esters is 2. The lowest BCUT2D eigenvalue weighted by Crippen LogP contribution is -2.28. The lowest BCUT2D eigenvalue weighted by molar-refractivity contribution is -0.141. The normalized spacial score (nSPS) is 18.4. The molecule has 4 N–H and O–H groups in total. The number of hydrogen-bond acceptors (Lipinski definition) is 7. The van der Waals surface area contributed by atoms with Crippen LogP contribution in [0.3, 0.4) is 0 Å². The van der Waals surface area contributed by atoms with Gasteiger partial charge in [0.05, 0.1) is 12.0 Å². The van der Waals surface area contributed by atoms with Gasteiger partial charge in [0.25, 0.3) is 0 Å². The van der Waals surface area contributed by atoms with Crippen LogP contribution < -0.4 is 16.2 Å². The summed E-state index contributed by atoms with van der Waals surface area (Å²) in [4.78, 5) is 24.4. The highest BCUT2D eigenvalue weighted by Crippen LogP contribution is 2.28. The average molecular weight is 439 g/mol. The van der Waals surface area contributed by atoms with Crippen molar-refractivity contribution in [3.63, 3.8) is 0 Å². The van der Waals surface area contributed by atoms with Crippen LogP contribution in [0, 0.1) is 5.92 Å². The molecule has 0 atom stereocenters. The molecule has 7 heteroatoms. The predicted octanol–water partition coefficient (Wildman–Crippen LogP) is 4.11. The van der Waals surface area contributed by atoms with Gasteiger partial charge in [0.15, 0.2) is 0 Å². The summed E-state index contributed by atoms with van der Waals surface area (Å²) in [6, 6.07) is 12.0. The highest BCUT2D eigenvalue weighted by atomic mass is 16.5. The third kappa shape index (κ3) is 6.85. The maximum absolute atomic E-state index is 12.4. The molecule has 0 unspecified atom stereocenters. The second-order valence-electron chi connectivity index (χ2n) is 7.82. The van der Waals surface area contributed by atoms with Gasteiger partial charge in [-0.2, -0.15) is 0 Å². The summed E-state index contributed by atoms with van der Waals surface area (Å²) in [5.41, 5.74) is 14.0. The average Bonchev–Trinajstić information content (AvgIpc) is 2.78. The number of ether oxygens (including phenoxy) is 3. The summed E-state index contributed by atoms with van der Waals surface area (Å²) in [5.74, 6) is -0.287. The van der Waals surface area contributed by atoms with E-state index in [2.05, 4.69) is 0 Å². The first kappa shape index (κ1) is 23.3. The predicted molar refractivity (Wildman–Crippen MR) is 124 cm³/mol. The lowest BCUT2D eigenvalue weighted by Gasteiger charge is -2.26. The van der Waals surface area contributed by atoms with Crippen molar-refractivity contribution in [1.82, 2.24) is 0 Å². The molecule has 32 heavy (non-hydrogen) atoms. The van der Waals surface area contributed by atoms with Crippen LogP contribution in [-0.2, 0) is 25.7 Å². The monoisotopic (exact) mass is 438 g/mol.